The summed E-state index contributed by atoms with van der Waals surface area (Å²) in [6, 6.07) is 6.93. The third-order valence-electron chi connectivity index (χ3n) is 2.34. The second kappa shape index (κ2) is 5.44. The van der Waals surface area contributed by atoms with Crippen LogP contribution in [0.3, 0.4) is 0 Å². The fourth-order valence-electron chi connectivity index (χ4n) is 1.39. The number of thioether (sulfide) groups is 1. The number of halogens is 4. The Bertz CT molecular complexity index is 549. The molecular weight excluding hydrogens is 264 g/mol. The fraction of sp³-hybridized carbons (Fsp3) is 0.0769. The molecule has 0 spiro atoms. The summed E-state index contributed by atoms with van der Waals surface area (Å²) in [7, 11) is 0. The molecule has 0 aromatic heterocycles. The standard InChI is InChI=1S/C13H8F4S/c14-10-2-1-3-11(15)9(10)7-18-8-4-5-12(16)13(17)6-8/h1-6H,7H2. The highest BCUT2D eigenvalue weighted by atomic mass is 32.2. The Balaban J connectivity index is 2.14. The van der Waals surface area contributed by atoms with Crippen molar-refractivity contribution in [3.8, 4) is 0 Å². The first-order valence-corrected chi connectivity index (χ1v) is 6.07. The SMILES string of the molecule is Fc1ccc(SCc2c(F)cccc2F)cc1F. The molecule has 2 aromatic carbocycles. The molecule has 0 atom stereocenters. The van der Waals surface area contributed by atoms with Gasteiger partial charge < -0.3 is 0 Å². The van der Waals surface area contributed by atoms with E-state index in [9.17, 15) is 17.6 Å². The van der Waals surface area contributed by atoms with E-state index in [2.05, 4.69) is 0 Å². The predicted octanol–water partition coefficient (Wildman–Crippen LogP) is 4.54. The van der Waals surface area contributed by atoms with Gasteiger partial charge in [-0.05, 0) is 30.3 Å². The average Bonchev–Trinajstić information content (AvgIpc) is 2.33. The molecule has 0 amide bonds. The van der Waals surface area contributed by atoms with Gasteiger partial charge in [-0.2, -0.15) is 0 Å². The molecule has 2 aromatic rings. The summed E-state index contributed by atoms with van der Waals surface area (Å²) >= 11 is 1.04. The molecule has 0 unspecified atom stereocenters. The number of hydrogen-bond donors (Lipinski definition) is 0. The van der Waals surface area contributed by atoms with Crippen molar-refractivity contribution in [1.82, 2.24) is 0 Å². The third-order valence-corrected chi connectivity index (χ3v) is 3.36. The van der Waals surface area contributed by atoms with E-state index in [0.29, 0.717) is 4.90 Å². The van der Waals surface area contributed by atoms with E-state index in [1.165, 1.54) is 12.1 Å². The lowest BCUT2D eigenvalue weighted by atomic mass is 10.2. The summed E-state index contributed by atoms with van der Waals surface area (Å²) < 4.78 is 52.2. The van der Waals surface area contributed by atoms with E-state index < -0.39 is 23.3 Å². The van der Waals surface area contributed by atoms with E-state index >= 15 is 0 Å². The Morgan fingerprint density at radius 3 is 2.06 bits per heavy atom. The number of hydrogen-bond acceptors (Lipinski definition) is 1. The van der Waals surface area contributed by atoms with Crippen molar-refractivity contribution in [2.24, 2.45) is 0 Å². The molecule has 94 valence electrons. The average molecular weight is 272 g/mol. The highest BCUT2D eigenvalue weighted by Crippen LogP contribution is 2.26. The topological polar surface area (TPSA) is 0 Å². The minimum absolute atomic E-state index is 0.0174. The first-order valence-electron chi connectivity index (χ1n) is 5.08. The van der Waals surface area contributed by atoms with Crippen LogP contribution >= 0.6 is 11.8 Å². The highest BCUT2D eigenvalue weighted by molar-refractivity contribution is 7.98. The molecule has 0 heterocycles. The third kappa shape index (κ3) is 2.85. The van der Waals surface area contributed by atoms with Crippen molar-refractivity contribution < 1.29 is 17.6 Å². The maximum absolute atomic E-state index is 13.3. The molecular formula is C13H8F4S. The first kappa shape index (κ1) is 13.0. The van der Waals surface area contributed by atoms with Gasteiger partial charge in [0.15, 0.2) is 11.6 Å². The van der Waals surface area contributed by atoms with Crippen LogP contribution in [0.25, 0.3) is 0 Å². The van der Waals surface area contributed by atoms with Gasteiger partial charge in [0.1, 0.15) is 11.6 Å². The van der Waals surface area contributed by atoms with Crippen LogP contribution in [0.1, 0.15) is 5.56 Å². The fourth-order valence-corrected chi connectivity index (χ4v) is 2.33. The number of rotatable bonds is 3. The molecule has 5 heteroatoms. The zero-order chi connectivity index (χ0) is 13.1. The normalized spacial score (nSPS) is 10.7. The van der Waals surface area contributed by atoms with E-state index in [1.54, 1.807) is 0 Å². The van der Waals surface area contributed by atoms with Crippen LogP contribution in [0.2, 0.25) is 0 Å². The Morgan fingerprint density at radius 2 is 1.44 bits per heavy atom. The Hall–Kier alpha value is -1.49. The minimum atomic E-state index is -0.978. The molecule has 2 rings (SSSR count). The van der Waals surface area contributed by atoms with E-state index in [-0.39, 0.29) is 11.3 Å². The second-order valence-electron chi connectivity index (χ2n) is 3.56. The van der Waals surface area contributed by atoms with Crippen LogP contribution in [0, 0.1) is 23.3 Å². The highest BCUT2D eigenvalue weighted by Gasteiger charge is 2.09. The van der Waals surface area contributed by atoms with Crippen molar-refractivity contribution in [1.29, 1.82) is 0 Å². The molecule has 0 aliphatic heterocycles. The summed E-state index contributed by atoms with van der Waals surface area (Å²) in [5, 5.41) is 0. The van der Waals surface area contributed by atoms with E-state index in [4.69, 9.17) is 0 Å². The monoisotopic (exact) mass is 272 g/mol. The summed E-state index contributed by atoms with van der Waals surface area (Å²) in [5.41, 5.74) is -0.0766. The molecule has 0 saturated carbocycles. The van der Waals surface area contributed by atoms with Crippen molar-refractivity contribution >= 4 is 11.8 Å². The second-order valence-corrected chi connectivity index (χ2v) is 4.61. The lowest BCUT2D eigenvalue weighted by Gasteiger charge is -2.05. The molecule has 0 bridgehead atoms. The summed E-state index contributed by atoms with van der Waals surface area (Å²) in [4.78, 5) is 0.413. The maximum Gasteiger partial charge on any atom is 0.159 e. The van der Waals surface area contributed by atoms with Gasteiger partial charge >= 0.3 is 0 Å². The van der Waals surface area contributed by atoms with Gasteiger partial charge in [0.25, 0.3) is 0 Å². The van der Waals surface area contributed by atoms with Gasteiger partial charge in [-0.25, -0.2) is 17.6 Å². The van der Waals surface area contributed by atoms with Gasteiger partial charge in [0, 0.05) is 16.2 Å². The molecule has 0 aliphatic rings. The summed E-state index contributed by atoms with van der Waals surface area (Å²) in [6.45, 7) is 0. The zero-order valence-corrected chi connectivity index (χ0v) is 9.91. The van der Waals surface area contributed by atoms with Gasteiger partial charge in [-0.15, -0.1) is 11.8 Å². The zero-order valence-electron chi connectivity index (χ0n) is 9.09. The lowest BCUT2D eigenvalue weighted by molar-refractivity contribution is 0.506. The molecule has 0 radical (unpaired) electrons. The van der Waals surface area contributed by atoms with Crippen molar-refractivity contribution in [2.75, 3.05) is 0 Å². The molecule has 0 fully saturated rings. The minimum Gasteiger partial charge on any atom is -0.207 e. The Morgan fingerprint density at radius 1 is 0.778 bits per heavy atom. The molecule has 0 saturated heterocycles. The Kier molecular flexibility index (Phi) is 3.91. The molecule has 0 aliphatic carbocycles. The van der Waals surface area contributed by atoms with Crippen LogP contribution < -0.4 is 0 Å². The van der Waals surface area contributed by atoms with Crippen LogP contribution in [0.4, 0.5) is 17.6 Å². The quantitative estimate of drug-likeness (QED) is 0.584. The first-order chi connectivity index (χ1) is 8.58. The maximum atomic E-state index is 13.3. The smallest absolute Gasteiger partial charge is 0.159 e. The van der Waals surface area contributed by atoms with Crippen LogP contribution in [0.5, 0.6) is 0 Å². The summed E-state index contributed by atoms with van der Waals surface area (Å²) in [5.74, 6) is -3.20. The van der Waals surface area contributed by atoms with Crippen LogP contribution in [-0.2, 0) is 5.75 Å². The van der Waals surface area contributed by atoms with E-state index in [1.807, 2.05) is 0 Å². The lowest BCUT2D eigenvalue weighted by Crippen LogP contribution is -1.93. The van der Waals surface area contributed by atoms with Gasteiger partial charge in [-0.3, -0.25) is 0 Å². The van der Waals surface area contributed by atoms with Gasteiger partial charge in [0.2, 0.25) is 0 Å². The van der Waals surface area contributed by atoms with Crippen molar-refractivity contribution in [3.63, 3.8) is 0 Å². The predicted molar refractivity (Wildman–Crippen MR) is 62.3 cm³/mol. The van der Waals surface area contributed by atoms with Gasteiger partial charge in [0.05, 0.1) is 0 Å². The van der Waals surface area contributed by atoms with Crippen LogP contribution in [-0.4, -0.2) is 0 Å². The van der Waals surface area contributed by atoms with Crippen molar-refractivity contribution in [2.45, 2.75) is 10.6 Å². The Labute approximate surface area is 106 Å². The van der Waals surface area contributed by atoms with Gasteiger partial charge in [-0.1, -0.05) is 6.07 Å². The molecule has 0 N–H and O–H groups in total. The van der Waals surface area contributed by atoms with E-state index in [0.717, 1.165) is 36.0 Å². The van der Waals surface area contributed by atoms with Crippen LogP contribution in [0.15, 0.2) is 41.3 Å². The number of benzene rings is 2. The molecule has 0 nitrogen and oxygen atoms in total. The largest absolute Gasteiger partial charge is 0.207 e. The summed E-state index contributed by atoms with van der Waals surface area (Å²) in [6.07, 6.45) is 0. The molecule has 18 heavy (non-hydrogen) atoms. The van der Waals surface area contributed by atoms with Crippen molar-refractivity contribution in [3.05, 3.63) is 65.2 Å².